The summed E-state index contributed by atoms with van der Waals surface area (Å²) in [4.78, 5) is 11.9. The molecule has 3 rings (SSSR count). The predicted molar refractivity (Wildman–Crippen MR) is 92.9 cm³/mol. The Kier molecular flexibility index (Phi) is 5.91. The molecule has 1 aromatic carbocycles. The van der Waals surface area contributed by atoms with Gasteiger partial charge in [0.15, 0.2) is 0 Å². The van der Waals surface area contributed by atoms with Crippen LogP contribution in [0.3, 0.4) is 0 Å². The number of halogens is 1. The van der Waals surface area contributed by atoms with Crippen molar-refractivity contribution in [2.75, 3.05) is 32.8 Å². The summed E-state index contributed by atoms with van der Waals surface area (Å²) in [6.45, 7) is 5.01. The van der Waals surface area contributed by atoms with Crippen molar-refractivity contribution in [2.24, 2.45) is 5.41 Å². The van der Waals surface area contributed by atoms with E-state index in [1.54, 1.807) is 11.2 Å². The van der Waals surface area contributed by atoms with Crippen LogP contribution in [0.4, 0.5) is 0 Å². The normalized spacial score (nSPS) is 24.0. The van der Waals surface area contributed by atoms with Gasteiger partial charge in [0.1, 0.15) is 0 Å². The first-order valence-corrected chi connectivity index (χ1v) is 9.39. The van der Waals surface area contributed by atoms with Gasteiger partial charge in [-0.1, -0.05) is 0 Å². The third-order valence-electron chi connectivity index (χ3n) is 4.74. The third kappa shape index (κ3) is 3.59. The zero-order valence-corrected chi connectivity index (χ0v) is 15.3. The van der Waals surface area contributed by atoms with E-state index >= 15 is 0 Å². The predicted octanol–water partition coefficient (Wildman–Crippen LogP) is 1.66. The van der Waals surface area contributed by atoms with Crippen molar-refractivity contribution in [2.45, 2.75) is 24.7 Å². The molecule has 1 unspecified atom stereocenters. The summed E-state index contributed by atoms with van der Waals surface area (Å²) in [6.07, 6.45) is 1.93. The SMILES string of the molecule is CCOC(=O)c1ccc(S(=O)(=O)N2CCC3(CCNC3)C2)cc1.Cl. The highest BCUT2D eigenvalue weighted by molar-refractivity contribution is 7.89. The minimum absolute atomic E-state index is 0. The molecule has 1 aromatic rings. The molecule has 0 bridgehead atoms. The fourth-order valence-corrected chi connectivity index (χ4v) is 4.92. The van der Waals surface area contributed by atoms with E-state index in [4.69, 9.17) is 4.74 Å². The van der Waals surface area contributed by atoms with Crippen molar-refractivity contribution in [1.82, 2.24) is 9.62 Å². The molecule has 2 fully saturated rings. The molecular weight excluding hydrogens is 352 g/mol. The molecule has 0 radical (unpaired) electrons. The van der Waals surface area contributed by atoms with Gasteiger partial charge in [0.2, 0.25) is 10.0 Å². The van der Waals surface area contributed by atoms with Crippen molar-refractivity contribution in [3.8, 4) is 0 Å². The molecule has 24 heavy (non-hydrogen) atoms. The van der Waals surface area contributed by atoms with Crippen LogP contribution in [0.15, 0.2) is 29.2 Å². The molecule has 1 N–H and O–H groups in total. The lowest BCUT2D eigenvalue weighted by molar-refractivity contribution is 0.0526. The van der Waals surface area contributed by atoms with Gasteiger partial charge in [-0.15, -0.1) is 12.4 Å². The number of nitrogens with one attached hydrogen (secondary N) is 1. The number of hydrogen-bond acceptors (Lipinski definition) is 5. The number of carbonyl (C=O) groups is 1. The number of esters is 1. The minimum Gasteiger partial charge on any atom is -0.462 e. The van der Waals surface area contributed by atoms with E-state index in [-0.39, 0.29) is 22.7 Å². The zero-order valence-electron chi connectivity index (χ0n) is 13.7. The summed E-state index contributed by atoms with van der Waals surface area (Å²) >= 11 is 0. The lowest BCUT2D eigenvalue weighted by Gasteiger charge is -2.22. The van der Waals surface area contributed by atoms with Crippen LogP contribution in [0.5, 0.6) is 0 Å². The highest BCUT2D eigenvalue weighted by Crippen LogP contribution is 2.38. The maximum Gasteiger partial charge on any atom is 0.338 e. The van der Waals surface area contributed by atoms with Crippen molar-refractivity contribution in [3.63, 3.8) is 0 Å². The van der Waals surface area contributed by atoms with Gasteiger partial charge in [-0.25, -0.2) is 13.2 Å². The Morgan fingerprint density at radius 2 is 2.00 bits per heavy atom. The van der Waals surface area contributed by atoms with Crippen LogP contribution < -0.4 is 5.32 Å². The number of sulfonamides is 1. The first-order chi connectivity index (χ1) is 11.0. The average molecular weight is 375 g/mol. The van der Waals surface area contributed by atoms with Gasteiger partial charge in [0.25, 0.3) is 0 Å². The second-order valence-corrected chi connectivity index (χ2v) is 8.20. The highest BCUT2D eigenvalue weighted by Gasteiger charge is 2.44. The Balaban J connectivity index is 0.00000208. The van der Waals surface area contributed by atoms with Gasteiger partial charge in [-0.3, -0.25) is 0 Å². The summed E-state index contributed by atoms with van der Waals surface area (Å²) < 4.78 is 32.0. The summed E-state index contributed by atoms with van der Waals surface area (Å²) in [5.41, 5.74) is 0.460. The van der Waals surface area contributed by atoms with Crippen LogP contribution in [0.1, 0.15) is 30.1 Å². The number of benzene rings is 1. The van der Waals surface area contributed by atoms with Crippen LogP contribution in [0.25, 0.3) is 0 Å². The summed E-state index contributed by atoms with van der Waals surface area (Å²) in [5, 5.41) is 3.33. The number of rotatable bonds is 4. The standard InChI is InChI=1S/C16H22N2O4S.ClH/c1-2-22-15(19)13-3-5-14(6-4-13)23(20,21)18-10-8-16(12-18)7-9-17-11-16;/h3-6,17H,2,7-12H2,1H3;1H. The van der Waals surface area contributed by atoms with Gasteiger partial charge in [0, 0.05) is 19.6 Å². The second-order valence-electron chi connectivity index (χ2n) is 6.26. The molecule has 2 heterocycles. The van der Waals surface area contributed by atoms with E-state index in [1.807, 2.05) is 0 Å². The van der Waals surface area contributed by atoms with E-state index < -0.39 is 16.0 Å². The van der Waals surface area contributed by atoms with E-state index in [0.29, 0.717) is 25.3 Å². The fraction of sp³-hybridized carbons (Fsp3) is 0.562. The average Bonchev–Trinajstić information content (AvgIpc) is 3.18. The molecule has 2 aliphatic heterocycles. The van der Waals surface area contributed by atoms with Gasteiger partial charge >= 0.3 is 5.97 Å². The zero-order chi connectivity index (χ0) is 16.5. The molecule has 1 spiro atoms. The fourth-order valence-electron chi connectivity index (χ4n) is 3.37. The number of ether oxygens (including phenoxy) is 1. The van der Waals surface area contributed by atoms with Crippen LogP contribution in [-0.4, -0.2) is 51.5 Å². The van der Waals surface area contributed by atoms with Gasteiger partial charge in [-0.05, 0) is 56.0 Å². The van der Waals surface area contributed by atoms with Gasteiger partial charge in [0.05, 0.1) is 17.1 Å². The summed E-state index contributed by atoms with van der Waals surface area (Å²) in [7, 11) is -3.50. The molecular formula is C16H23ClN2O4S. The summed E-state index contributed by atoms with van der Waals surface area (Å²) in [6, 6.07) is 5.99. The first kappa shape index (κ1) is 19.2. The Labute approximate surface area is 149 Å². The largest absolute Gasteiger partial charge is 0.462 e. The van der Waals surface area contributed by atoms with Gasteiger partial charge in [-0.2, -0.15) is 4.31 Å². The maximum atomic E-state index is 12.8. The lowest BCUT2D eigenvalue weighted by atomic mass is 9.87. The molecule has 0 saturated carbocycles. The Morgan fingerprint density at radius 3 is 2.58 bits per heavy atom. The van der Waals surface area contributed by atoms with Crippen molar-refractivity contribution in [3.05, 3.63) is 29.8 Å². The minimum atomic E-state index is -3.50. The van der Waals surface area contributed by atoms with Crippen LogP contribution >= 0.6 is 12.4 Å². The monoisotopic (exact) mass is 374 g/mol. The van der Waals surface area contributed by atoms with E-state index in [1.165, 1.54) is 24.3 Å². The molecule has 0 amide bonds. The molecule has 8 heteroatoms. The molecule has 0 aromatic heterocycles. The molecule has 0 aliphatic carbocycles. The lowest BCUT2D eigenvalue weighted by Crippen LogP contribution is -2.33. The van der Waals surface area contributed by atoms with Crippen LogP contribution in [0, 0.1) is 5.41 Å². The first-order valence-electron chi connectivity index (χ1n) is 7.95. The number of carbonyl (C=O) groups excluding carboxylic acids is 1. The van der Waals surface area contributed by atoms with E-state index in [9.17, 15) is 13.2 Å². The van der Waals surface area contributed by atoms with Crippen LogP contribution in [-0.2, 0) is 14.8 Å². The van der Waals surface area contributed by atoms with Crippen molar-refractivity contribution in [1.29, 1.82) is 0 Å². The smallest absolute Gasteiger partial charge is 0.338 e. The Bertz CT molecular complexity index is 685. The van der Waals surface area contributed by atoms with Crippen molar-refractivity contribution >= 4 is 28.4 Å². The van der Waals surface area contributed by atoms with E-state index in [2.05, 4.69) is 5.32 Å². The molecule has 134 valence electrons. The quantitative estimate of drug-likeness (QED) is 0.811. The molecule has 1 atom stereocenters. The van der Waals surface area contributed by atoms with E-state index in [0.717, 1.165) is 25.9 Å². The summed E-state index contributed by atoms with van der Waals surface area (Å²) in [5.74, 6) is -0.436. The van der Waals surface area contributed by atoms with Crippen molar-refractivity contribution < 1.29 is 17.9 Å². The Hall–Kier alpha value is -1.15. The Morgan fingerprint density at radius 1 is 1.29 bits per heavy atom. The van der Waals surface area contributed by atoms with Crippen LogP contribution in [0.2, 0.25) is 0 Å². The second kappa shape index (κ2) is 7.39. The third-order valence-corrected chi connectivity index (χ3v) is 6.60. The molecule has 2 aliphatic rings. The molecule has 6 nitrogen and oxygen atoms in total. The number of nitrogens with zero attached hydrogens (tertiary/aromatic N) is 1. The molecule has 2 saturated heterocycles. The number of hydrogen-bond donors (Lipinski definition) is 1. The maximum absolute atomic E-state index is 12.8. The topological polar surface area (TPSA) is 75.7 Å². The van der Waals surface area contributed by atoms with Gasteiger partial charge < -0.3 is 10.1 Å². The highest BCUT2D eigenvalue weighted by atomic mass is 35.5.